The van der Waals surface area contributed by atoms with Crippen molar-refractivity contribution in [3.63, 3.8) is 0 Å². The van der Waals surface area contributed by atoms with E-state index >= 15 is 0 Å². The zero-order chi connectivity index (χ0) is 28.9. The Kier molecular flexibility index (Phi) is 9.43. The van der Waals surface area contributed by atoms with Crippen molar-refractivity contribution < 1.29 is 33.0 Å². The lowest BCUT2D eigenvalue weighted by atomic mass is 10.1. The molecule has 1 atom stereocenters. The maximum absolute atomic E-state index is 12.6. The van der Waals surface area contributed by atoms with Gasteiger partial charge in [-0.3, -0.25) is 9.78 Å². The van der Waals surface area contributed by atoms with Crippen LogP contribution in [-0.4, -0.2) is 63.2 Å². The number of benzene rings is 1. The van der Waals surface area contributed by atoms with Gasteiger partial charge in [0.25, 0.3) is 5.91 Å². The van der Waals surface area contributed by atoms with Crippen LogP contribution in [0.4, 0.5) is 11.5 Å². The largest absolute Gasteiger partial charge is 0.480 e. The molecule has 0 aliphatic carbocycles. The number of sulfone groups is 1. The molecule has 0 aliphatic heterocycles. The molecule has 0 bridgehead atoms. The Balaban J connectivity index is 1.80. The second-order valence-corrected chi connectivity index (χ2v) is 11.5. The van der Waals surface area contributed by atoms with Crippen molar-refractivity contribution in [1.29, 1.82) is 0 Å². The number of rotatable bonds is 11. The lowest BCUT2D eigenvalue weighted by Crippen LogP contribution is -2.32. The highest BCUT2D eigenvalue weighted by atomic mass is 35.5. The van der Waals surface area contributed by atoms with Crippen LogP contribution in [0.2, 0.25) is 10.0 Å². The molecule has 4 N–H and O–H groups in total. The first-order chi connectivity index (χ1) is 18.3. The van der Waals surface area contributed by atoms with E-state index in [4.69, 9.17) is 23.2 Å². The minimum atomic E-state index is -4.02. The van der Waals surface area contributed by atoms with Crippen molar-refractivity contribution >= 4 is 62.4 Å². The molecule has 0 unspecified atom stereocenters. The zero-order valence-corrected chi connectivity index (χ0v) is 22.9. The van der Waals surface area contributed by atoms with Gasteiger partial charge in [0.1, 0.15) is 11.9 Å². The van der Waals surface area contributed by atoms with E-state index in [1.54, 1.807) is 38.1 Å². The van der Waals surface area contributed by atoms with Gasteiger partial charge in [0.2, 0.25) is 15.0 Å². The van der Waals surface area contributed by atoms with Gasteiger partial charge in [-0.1, -0.05) is 49.2 Å². The fourth-order valence-electron chi connectivity index (χ4n) is 3.42. The average molecular weight is 596 g/mol. The second kappa shape index (κ2) is 12.4. The summed E-state index contributed by atoms with van der Waals surface area (Å²) < 4.78 is 25.2. The third-order valence-electron chi connectivity index (χ3n) is 5.11. The van der Waals surface area contributed by atoms with Crippen LogP contribution in [-0.2, 0) is 21.1 Å². The van der Waals surface area contributed by atoms with E-state index in [0.717, 1.165) is 6.07 Å². The fourth-order valence-corrected chi connectivity index (χ4v) is 5.46. The van der Waals surface area contributed by atoms with Crippen LogP contribution in [0.3, 0.4) is 0 Å². The summed E-state index contributed by atoms with van der Waals surface area (Å²) >= 11 is 12.0. The van der Waals surface area contributed by atoms with E-state index in [0.29, 0.717) is 11.3 Å². The molecule has 15 heteroatoms. The molecule has 0 aliphatic rings. The molecule has 39 heavy (non-hydrogen) atoms. The molecule has 1 aromatic carbocycles. The molecule has 2 aromatic heterocycles. The highest BCUT2D eigenvalue weighted by Gasteiger charge is 2.25. The molecule has 0 fully saturated rings. The molecule has 0 saturated carbocycles. The summed E-state index contributed by atoms with van der Waals surface area (Å²) in [4.78, 5) is 47.3. The number of carbonyl (C=O) groups excluding carboxylic acids is 1. The molecule has 1 amide bonds. The maximum atomic E-state index is 12.6. The Morgan fingerprint density at radius 1 is 1.00 bits per heavy atom. The van der Waals surface area contributed by atoms with Crippen molar-refractivity contribution in [1.82, 2.24) is 15.0 Å². The first-order valence-electron chi connectivity index (χ1n) is 11.3. The monoisotopic (exact) mass is 595 g/mol. The number of pyridine rings is 1. The van der Waals surface area contributed by atoms with Crippen molar-refractivity contribution in [2.75, 3.05) is 16.4 Å². The summed E-state index contributed by atoms with van der Waals surface area (Å²) in [6.45, 7) is 3.33. The number of hydrogen-bond acceptors (Lipinski definition) is 9. The Hall–Kier alpha value is -3.81. The summed E-state index contributed by atoms with van der Waals surface area (Å²) in [5.41, 5.74) is 0.365. The highest BCUT2D eigenvalue weighted by molar-refractivity contribution is 7.91. The standard InChI is InChI=1S/C24H23Cl2N5O7S/c1-12(2)11-39(37,38)24-30-18(23(35)36)8-19(31-24)29-17(22(33)34)7-13-3-5-14(6-4-13)28-21(32)20-15(25)9-27-10-16(20)26/h3-6,8-10,12,17H,7,11H2,1-2H3,(H,28,32)(H,33,34)(H,35,36)(H,29,30,31)/t17-/m0/s1. The van der Waals surface area contributed by atoms with E-state index in [1.807, 2.05) is 0 Å². The van der Waals surface area contributed by atoms with Crippen LogP contribution in [0, 0.1) is 5.92 Å². The summed E-state index contributed by atoms with van der Waals surface area (Å²) in [6, 6.07) is 5.88. The third-order valence-corrected chi connectivity index (χ3v) is 7.53. The lowest BCUT2D eigenvalue weighted by Gasteiger charge is -2.17. The fraction of sp³-hybridized carbons (Fsp3) is 0.250. The SMILES string of the molecule is CC(C)CS(=O)(=O)c1nc(N[C@@H](Cc2ccc(NC(=O)c3c(Cl)cncc3Cl)cc2)C(=O)O)cc(C(=O)O)n1. The summed E-state index contributed by atoms with van der Waals surface area (Å²) in [5.74, 6) is -4.22. The number of anilines is 2. The van der Waals surface area contributed by atoms with Crippen LogP contribution in [0.25, 0.3) is 0 Å². The molecule has 0 radical (unpaired) electrons. The van der Waals surface area contributed by atoms with E-state index < -0.39 is 44.6 Å². The van der Waals surface area contributed by atoms with Crippen LogP contribution >= 0.6 is 23.2 Å². The molecule has 0 spiro atoms. The van der Waals surface area contributed by atoms with Crippen LogP contribution < -0.4 is 10.6 Å². The van der Waals surface area contributed by atoms with E-state index in [2.05, 4.69) is 25.6 Å². The normalized spacial score (nSPS) is 12.1. The van der Waals surface area contributed by atoms with Gasteiger partial charge in [0, 0.05) is 30.6 Å². The lowest BCUT2D eigenvalue weighted by molar-refractivity contribution is -0.137. The Morgan fingerprint density at radius 3 is 2.15 bits per heavy atom. The smallest absolute Gasteiger partial charge is 0.354 e. The van der Waals surface area contributed by atoms with Gasteiger partial charge in [-0.25, -0.2) is 28.0 Å². The molecule has 206 valence electrons. The molecular formula is C24H23Cl2N5O7S. The van der Waals surface area contributed by atoms with Crippen molar-refractivity contribution in [3.05, 3.63) is 69.6 Å². The minimum absolute atomic E-state index is 0.0490. The predicted octanol–water partition coefficient (Wildman–Crippen LogP) is 3.67. The number of aliphatic carboxylic acids is 1. The highest BCUT2D eigenvalue weighted by Crippen LogP contribution is 2.24. The molecular weight excluding hydrogens is 573 g/mol. The first-order valence-corrected chi connectivity index (χ1v) is 13.7. The van der Waals surface area contributed by atoms with E-state index in [-0.39, 0.29) is 39.5 Å². The van der Waals surface area contributed by atoms with Gasteiger partial charge in [-0.2, -0.15) is 0 Å². The van der Waals surface area contributed by atoms with Crippen LogP contribution in [0.5, 0.6) is 0 Å². The summed E-state index contributed by atoms with van der Waals surface area (Å²) in [6.07, 6.45) is 2.47. The average Bonchev–Trinajstić information content (AvgIpc) is 2.83. The first kappa shape index (κ1) is 29.7. The minimum Gasteiger partial charge on any atom is -0.480 e. The van der Waals surface area contributed by atoms with Gasteiger partial charge in [0.15, 0.2) is 5.69 Å². The number of carboxylic acid groups (broad SMARTS) is 2. The van der Waals surface area contributed by atoms with Gasteiger partial charge < -0.3 is 20.8 Å². The topological polar surface area (TPSA) is 189 Å². The number of carbonyl (C=O) groups is 3. The Bertz CT molecular complexity index is 1500. The zero-order valence-electron chi connectivity index (χ0n) is 20.6. The van der Waals surface area contributed by atoms with Gasteiger partial charge in [-0.05, 0) is 23.6 Å². The van der Waals surface area contributed by atoms with E-state index in [9.17, 15) is 33.0 Å². The molecule has 3 aromatic rings. The predicted molar refractivity (Wildman–Crippen MR) is 143 cm³/mol. The number of nitrogens with zero attached hydrogens (tertiary/aromatic N) is 3. The number of halogens is 2. The number of aromatic nitrogens is 3. The second-order valence-electron chi connectivity index (χ2n) is 8.77. The molecule has 0 saturated heterocycles. The number of nitrogens with one attached hydrogen (secondary N) is 2. The molecule has 2 heterocycles. The Labute approximate surface area is 233 Å². The molecule has 12 nitrogen and oxygen atoms in total. The van der Waals surface area contributed by atoms with Gasteiger partial charge in [0.05, 0.1) is 21.4 Å². The van der Waals surface area contributed by atoms with Crippen molar-refractivity contribution in [3.8, 4) is 0 Å². The number of hydrogen-bond donors (Lipinski definition) is 4. The maximum Gasteiger partial charge on any atom is 0.354 e. The number of aromatic carboxylic acids is 1. The third kappa shape index (κ3) is 7.85. The van der Waals surface area contributed by atoms with Crippen molar-refractivity contribution in [2.24, 2.45) is 5.92 Å². The number of amides is 1. The van der Waals surface area contributed by atoms with Crippen molar-refractivity contribution in [2.45, 2.75) is 31.5 Å². The Morgan fingerprint density at radius 2 is 1.62 bits per heavy atom. The summed E-state index contributed by atoms with van der Waals surface area (Å²) in [7, 11) is -4.02. The number of carboxylic acids is 2. The summed E-state index contributed by atoms with van der Waals surface area (Å²) in [5, 5.41) is 23.8. The van der Waals surface area contributed by atoms with Crippen LogP contribution in [0.1, 0.15) is 40.3 Å². The van der Waals surface area contributed by atoms with Gasteiger partial charge >= 0.3 is 11.9 Å². The van der Waals surface area contributed by atoms with Gasteiger partial charge in [-0.15, -0.1) is 0 Å². The molecule has 3 rings (SSSR count). The van der Waals surface area contributed by atoms with Crippen LogP contribution in [0.15, 0.2) is 47.9 Å². The van der Waals surface area contributed by atoms with E-state index in [1.165, 1.54) is 12.4 Å². The quantitative estimate of drug-likeness (QED) is 0.237.